The molecule has 1 N–H and O–H groups in total. The van der Waals surface area contributed by atoms with Gasteiger partial charge in [-0.2, -0.15) is 0 Å². The lowest BCUT2D eigenvalue weighted by molar-refractivity contribution is -0.137. The van der Waals surface area contributed by atoms with Crippen LogP contribution in [0.15, 0.2) is 36.7 Å². The molecule has 12 heteroatoms. The summed E-state index contributed by atoms with van der Waals surface area (Å²) < 4.78 is 21.5. The van der Waals surface area contributed by atoms with E-state index < -0.39 is 13.6 Å². The number of fused-ring (bicyclic) bond motifs is 2. The molecule has 2 aliphatic rings. The zero-order valence-electron chi connectivity index (χ0n) is 32.5. The number of aromatic nitrogens is 4. The second-order valence-corrected chi connectivity index (χ2v) is 16.9. The third-order valence-electron chi connectivity index (χ3n) is 10.3. The molecule has 1 unspecified atom stereocenters. The monoisotopic (exact) mass is 762 g/mol. The Bertz CT molecular complexity index is 1710. The van der Waals surface area contributed by atoms with Crippen LogP contribution in [-0.2, 0) is 66.5 Å². The van der Waals surface area contributed by atoms with E-state index in [-0.39, 0.29) is 36.5 Å². The highest BCUT2D eigenvalue weighted by atomic mass is 31.2. The summed E-state index contributed by atoms with van der Waals surface area (Å²) in [5.41, 5.74) is 8.27. The van der Waals surface area contributed by atoms with Gasteiger partial charge in [0, 0.05) is 74.6 Å². The van der Waals surface area contributed by atoms with Crippen LogP contribution in [0.5, 0.6) is 0 Å². The van der Waals surface area contributed by atoms with E-state index >= 15 is 0 Å². The van der Waals surface area contributed by atoms with Gasteiger partial charge in [0.2, 0.25) is 0 Å². The Morgan fingerprint density at radius 2 is 1.20 bits per heavy atom. The summed E-state index contributed by atoms with van der Waals surface area (Å²) in [4.78, 5) is 53.5. The predicted octanol–water partition coefficient (Wildman–Crippen LogP) is 8.50. The number of hydrogen-bond donors (Lipinski definition) is 1. The van der Waals surface area contributed by atoms with Crippen molar-refractivity contribution >= 4 is 25.1 Å². The number of carboxylic acid groups (broad SMARTS) is 1. The molecule has 0 spiro atoms. The number of carboxylic acids is 1. The van der Waals surface area contributed by atoms with Gasteiger partial charge in [0.1, 0.15) is 23.6 Å². The van der Waals surface area contributed by atoms with Crippen molar-refractivity contribution in [1.82, 2.24) is 19.9 Å². The second-order valence-electron chi connectivity index (χ2n) is 14.6. The average molecular weight is 763 g/mol. The Morgan fingerprint density at radius 1 is 0.704 bits per heavy atom. The summed E-state index contributed by atoms with van der Waals surface area (Å²) in [6, 6.07) is 8.71. The lowest BCUT2D eigenvalue weighted by Gasteiger charge is -2.14. The van der Waals surface area contributed by atoms with E-state index in [1.165, 1.54) is 75.3 Å². The first-order valence-electron chi connectivity index (χ1n) is 19.8. The molecule has 294 valence electrons. The van der Waals surface area contributed by atoms with Crippen molar-refractivity contribution in [2.24, 2.45) is 0 Å². The first-order valence-corrected chi connectivity index (χ1v) is 21.5. The summed E-state index contributed by atoms with van der Waals surface area (Å²) in [5, 5.41) is 9.20. The van der Waals surface area contributed by atoms with Crippen LogP contribution in [0.2, 0.25) is 0 Å². The average Bonchev–Trinajstić information content (AvgIpc) is 3.55. The van der Waals surface area contributed by atoms with Crippen LogP contribution < -0.4 is 0 Å². The molecule has 3 heterocycles. The smallest absolute Gasteiger partial charge is 0.337 e. The number of carbonyl (C=O) groups excluding carboxylic acids is 2. The molecular weight excluding hydrogens is 703 g/mol. The SMILES string of the molecule is COP(=O)(CC(=O)CCCCc1ccc2c(n1)CCCCC2)OC.Cc1ncc(C(CC(=O)O)CC(=O)CCCCc2ccc3c(n2)CCCCC3)cn1. The Balaban J connectivity index is 0.000000247. The van der Waals surface area contributed by atoms with Crippen molar-refractivity contribution in [3.63, 3.8) is 0 Å². The van der Waals surface area contributed by atoms with Gasteiger partial charge in [0.25, 0.3) is 0 Å². The molecule has 11 nitrogen and oxygen atoms in total. The van der Waals surface area contributed by atoms with Crippen LogP contribution in [0.3, 0.4) is 0 Å². The summed E-state index contributed by atoms with van der Waals surface area (Å²) >= 11 is 0. The standard InChI is InChI=1S/C24H31N3O3.C18H28NO4P/c1-17-25-15-20(16-26-17)19(14-24(29)30)13-22(28)9-6-5-8-21-12-11-18-7-3-2-4-10-23(18)27-21;1-22-24(21,23-2)14-17(20)10-7-6-9-16-13-12-15-8-4-3-5-11-18(15)19-16/h11-12,15-16,19H,2-10,13-14H2,1H3,(H,29,30);12-13H,3-11,14H2,1-2H3. The van der Waals surface area contributed by atoms with Crippen molar-refractivity contribution in [3.05, 3.63) is 81.9 Å². The number of carbonyl (C=O) groups is 3. The number of pyridine rings is 2. The minimum absolute atomic E-state index is 0.0723. The van der Waals surface area contributed by atoms with Gasteiger partial charge >= 0.3 is 13.6 Å². The van der Waals surface area contributed by atoms with Crippen LogP contribution in [0.4, 0.5) is 0 Å². The molecule has 1 atom stereocenters. The van der Waals surface area contributed by atoms with Crippen molar-refractivity contribution in [3.8, 4) is 0 Å². The molecule has 2 aliphatic carbocycles. The fraction of sp³-hybridized carbons (Fsp3) is 0.595. The third kappa shape index (κ3) is 14.9. The highest BCUT2D eigenvalue weighted by molar-refractivity contribution is 7.54. The zero-order valence-corrected chi connectivity index (χ0v) is 33.4. The Hall–Kier alpha value is -3.66. The molecule has 54 heavy (non-hydrogen) atoms. The summed E-state index contributed by atoms with van der Waals surface area (Å²) in [6.07, 6.45) is 21.3. The maximum atomic E-state index is 12.5. The van der Waals surface area contributed by atoms with Crippen LogP contribution in [-0.4, -0.2) is 63.0 Å². The van der Waals surface area contributed by atoms with E-state index in [4.69, 9.17) is 19.0 Å². The van der Waals surface area contributed by atoms with E-state index in [1.54, 1.807) is 19.3 Å². The molecule has 5 rings (SSSR count). The summed E-state index contributed by atoms with van der Waals surface area (Å²) in [7, 11) is -0.609. The Morgan fingerprint density at radius 3 is 1.70 bits per heavy atom. The molecule has 3 aromatic rings. The fourth-order valence-electron chi connectivity index (χ4n) is 7.15. The highest BCUT2D eigenvalue weighted by Crippen LogP contribution is 2.46. The topological polar surface area (TPSA) is 159 Å². The lowest BCUT2D eigenvalue weighted by atomic mass is 9.91. The number of aliphatic carboxylic acids is 1. The molecule has 0 aliphatic heterocycles. The van der Waals surface area contributed by atoms with E-state index in [1.807, 2.05) is 0 Å². The zero-order chi connectivity index (χ0) is 38.8. The number of ketones is 2. The number of nitrogens with zero attached hydrogens (tertiary/aromatic N) is 4. The van der Waals surface area contributed by atoms with Gasteiger partial charge in [-0.05, 0) is 126 Å². The van der Waals surface area contributed by atoms with Crippen LogP contribution in [0.1, 0.15) is 141 Å². The van der Waals surface area contributed by atoms with Gasteiger partial charge in [0.15, 0.2) is 0 Å². The molecule has 3 aromatic heterocycles. The Kier molecular flexibility index (Phi) is 18.1. The van der Waals surface area contributed by atoms with E-state index in [9.17, 15) is 24.1 Å². The van der Waals surface area contributed by atoms with Crippen molar-refractivity contribution in [1.29, 1.82) is 0 Å². The molecule has 0 fully saturated rings. The molecule has 0 amide bonds. The Labute approximate surface area is 321 Å². The van der Waals surface area contributed by atoms with E-state index in [0.29, 0.717) is 24.2 Å². The normalized spacial score (nSPS) is 14.7. The summed E-state index contributed by atoms with van der Waals surface area (Å²) in [6.45, 7) is 1.78. The predicted molar refractivity (Wildman–Crippen MR) is 209 cm³/mol. The number of rotatable bonds is 19. The minimum atomic E-state index is -3.22. The largest absolute Gasteiger partial charge is 0.481 e. The van der Waals surface area contributed by atoms with E-state index in [2.05, 4.69) is 34.2 Å². The van der Waals surface area contributed by atoms with E-state index in [0.717, 1.165) is 75.6 Å². The highest BCUT2D eigenvalue weighted by Gasteiger charge is 2.25. The van der Waals surface area contributed by atoms with Crippen molar-refractivity contribution < 1.29 is 33.1 Å². The maximum absolute atomic E-state index is 12.5. The van der Waals surface area contributed by atoms with Gasteiger partial charge in [-0.1, -0.05) is 25.0 Å². The van der Waals surface area contributed by atoms with Gasteiger partial charge in [-0.3, -0.25) is 28.9 Å². The summed E-state index contributed by atoms with van der Waals surface area (Å²) in [5.74, 6) is -0.635. The number of aryl methyl sites for hydroxylation is 7. The van der Waals surface area contributed by atoms with Crippen LogP contribution >= 0.6 is 7.60 Å². The number of Topliss-reactive ketones (excluding diaryl/α,β-unsaturated/α-hetero) is 2. The van der Waals surface area contributed by atoms with Gasteiger partial charge in [0.05, 0.1) is 6.42 Å². The molecule has 0 aromatic carbocycles. The van der Waals surface area contributed by atoms with Crippen molar-refractivity contribution in [2.45, 2.75) is 141 Å². The molecule has 0 saturated carbocycles. The third-order valence-corrected chi connectivity index (χ3v) is 12.2. The lowest BCUT2D eigenvalue weighted by Crippen LogP contribution is -2.12. The molecular formula is C42H59N4O7P. The maximum Gasteiger partial charge on any atom is 0.337 e. The molecule has 0 saturated heterocycles. The van der Waals surface area contributed by atoms with Crippen LogP contribution in [0, 0.1) is 6.92 Å². The second kappa shape index (κ2) is 22.7. The van der Waals surface area contributed by atoms with Crippen LogP contribution in [0.25, 0.3) is 0 Å². The fourth-order valence-corrected chi connectivity index (χ4v) is 8.15. The number of hydrogen-bond acceptors (Lipinski definition) is 10. The first kappa shape index (κ1) is 43.1. The van der Waals surface area contributed by atoms with Crippen molar-refractivity contribution in [2.75, 3.05) is 20.4 Å². The molecule has 0 bridgehead atoms. The number of unbranched alkanes of at least 4 members (excludes halogenated alkanes) is 2. The first-order chi connectivity index (χ1) is 26.1. The molecule has 0 radical (unpaired) electrons. The van der Waals surface area contributed by atoms with Gasteiger partial charge < -0.3 is 14.2 Å². The van der Waals surface area contributed by atoms with Gasteiger partial charge in [-0.25, -0.2) is 9.97 Å². The van der Waals surface area contributed by atoms with Gasteiger partial charge in [-0.15, -0.1) is 0 Å². The quantitative estimate of drug-likeness (QED) is 0.0709. The minimum Gasteiger partial charge on any atom is -0.481 e.